The van der Waals surface area contributed by atoms with Crippen LogP contribution in [0.1, 0.15) is 31.9 Å². The third-order valence-electron chi connectivity index (χ3n) is 4.18. The highest BCUT2D eigenvalue weighted by molar-refractivity contribution is 5.85. The molecule has 0 aliphatic carbocycles. The van der Waals surface area contributed by atoms with Crippen LogP contribution in [0.2, 0.25) is 0 Å². The lowest BCUT2D eigenvalue weighted by Gasteiger charge is -2.20. The first kappa shape index (κ1) is 25.6. The molecule has 6 nitrogen and oxygen atoms in total. The topological polar surface area (TPSA) is 68.8 Å². The van der Waals surface area contributed by atoms with E-state index in [1.807, 2.05) is 63.2 Å². The van der Waals surface area contributed by atoms with E-state index in [4.69, 9.17) is 14.2 Å². The van der Waals surface area contributed by atoms with Gasteiger partial charge in [0.15, 0.2) is 18.1 Å². The molecule has 2 aromatic carbocycles. The lowest BCUT2D eigenvalue weighted by molar-refractivity contribution is -0.124. The van der Waals surface area contributed by atoms with Gasteiger partial charge in [-0.3, -0.25) is 4.79 Å². The van der Waals surface area contributed by atoms with Gasteiger partial charge in [-0.1, -0.05) is 18.2 Å². The maximum Gasteiger partial charge on any atom is 0.258 e. The van der Waals surface area contributed by atoms with Crippen LogP contribution in [0.3, 0.4) is 0 Å². The van der Waals surface area contributed by atoms with Gasteiger partial charge in [-0.25, -0.2) is 0 Å². The molecule has 0 spiro atoms. The van der Waals surface area contributed by atoms with Gasteiger partial charge in [0, 0.05) is 12.1 Å². The van der Waals surface area contributed by atoms with Crippen LogP contribution in [0.5, 0.6) is 17.2 Å². The maximum absolute atomic E-state index is 11.8. The summed E-state index contributed by atoms with van der Waals surface area (Å²) in [6.45, 7) is 7.45. The van der Waals surface area contributed by atoms with E-state index in [1.54, 1.807) is 14.2 Å². The van der Waals surface area contributed by atoms with Crippen LogP contribution in [-0.4, -0.2) is 38.8 Å². The van der Waals surface area contributed by atoms with E-state index in [-0.39, 0.29) is 30.5 Å². The van der Waals surface area contributed by atoms with Crippen molar-refractivity contribution in [2.45, 2.75) is 39.3 Å². The van der Waals surface area contributed by atoms with Crippen LogP contribution in [-0.2, 0) is 17.8 Å². The Morgan fingerprint density at radius 2 is 1.57 bits per heavy atom. The number of methoxy groups -OCH3 is 2. The Hall–Kier alpha value is -2.44. The molecule has 0 atom stereocenters. The minimum Gasteiger partial charge on any atom is -0.493 e. The highest BCUT2D eigenvalue weighted by atomic mass is 35.5. The van der Waals surface area contributed by atoms with E-state index < -0.39 is 0 Å². The number of nitrogens with one attached hydrogen (secondary N) is 2. The number of halogens is 1. The molecule has 7 heteroatoms. The Labute approximate surface area is 185 Å². The van der Waals surface area contributed by atoms with Gasteiger partial charge in [-0.05, 0) is 69.1 Å². The van der Waals surface area contributed by atoms with Crippen molar-refractivity contribution in [3.63, 3.8) is 0 Å². The van der Waals surface area contributed by atoms with Crippen molar-refractivity contribution in [1.82, 2.24) is 10.6 Å². The monoisotopic (exact) mass is 436 g/mol. The first-order chi connectivity index (χ1) is 13.8. The molecular formula is C23H33ClN2O4. The molecule has 1 amide bonds. The van der Waals surface area contributed by atoms with Gasteiger partial charge in [0.25, 0.3) is 5.91 Å². The summed E-state index contributed by atoms with van der Waals surface area (Å²) < 4.78 is 16.1. The molecule has 0 aliphatic heterocycles. The second-order valence-electron chi connectivity index (χ2n) is 7.85. The number of amides is 1. The van der Waals surface area contributed by atoms with Crippen molar-refractivity contribution in [3.8, 4) is 17.2 Å². The molecule has 2 N–H and O–H groups in total. The zero-order valence-corrected chi connectivity index (χ0v) is 19.2. The summed E-state index contributed by atoms with van der Waals surface area (Å²) in [5.74, 6) is 2.04. The smallest absolute Gasteiger partial charge is 0.258 e. The molecule has 0 saturated carbocycles. The molecule has 2 rings (SSSR count). The summed E-state index contributed by atoms with van der Waals surface area (Å²) in [7, 11) is 3.28. The van der Waals surface area contributed by atoms with Crippen molar-refractivity contribution in [2.75, 3.05) is 27.4 Å². The number of rotatable bonds is 10. The zero-order valence-electron chi connectivity index (χ0n) is 18.4. The number of carbonyl (C=O) groups excluding carboxylic acids is 1. The molecule has 0 aromatic heterocycles. The minimum atomic E-state index is -0.257. The fourth-order valence-corrected chi connectivity index (χ4v) is 2.81. The van der Waals surface area contributed by atoms with E-state index in [2.05, 4.69) is 10.6 Å². The van der Waals surface area contributed by atoms with Crippen LogP contribution in [0.4, 0.5) is 0 Å². The number of hydrogen-bond donors (Lipinski definition) is 2. The van der Waals surface area contributed by atoms with Gasteiger partial charge in [0.2, 0.25) is 0 Å². The first-order valence-corrected chi connectivity index (χ1v) is 9.75. The van der Waals surface area contributed by atoms with E-state index in [9.17, 15) is 4.79 Å². The standard InChI is InChI=1S/C23H32N2O4.ClH/c1-23(2,3)25-22(26)16-29-19-9-6-18(7-10-19)15-24-13-12-17-8-11-20(27-4)21(14-17)28-5;/h6-11,14,24H,12-13,15-16H2,1-5H3,(H,25,26);1H. The first-order valence-electron chi connectivity index (χ1n) is 9.75. The number of carbonyl (C=O) groups is 1. The Kier molecular flexibility index (Phi) is 10.5. The molecular weight excluding hydrogens is 404 g/mol. The van der Waals surface area contributed by atoms with Crippen molar-refractivity contribution >= 4 is 18.3 Å². The van der Waals surface area contributed by atoms with Crippen LogP contribution in [0.25, 0.3) is 0 Å². The van der Waals surface area contributed by atoms with Crippen LogP contribution < -0.4 is 24.8 Å². The molecule has 0 bridgehead atoms. The highest BCUT2D eigenvalue weighted by Crippen LogP contribution is 2.27. The Morgan fingerprint density at radius 3 is 2.17 bits per heavy atom. The minimum absolute atomic E-state index is 0. The second kappa shape index (κ2) is 12.3. The fraction of sp³-hybridized carbons (Fsp3) is 0.435. The van der Waals surface area contributed by atoms with Crippen molar-refractivity contribution < 1.29 is 19.0 Å². The van der Waals surface area contributed by atoms with E-state index in [0.717, 1.165) is 36.6 Å². The number of benzene rings is 2. The fourth-order valence-electron chi connectivity index (χ4n) is 2.81. The van der Waals surface area contributed by atoms with Crippen molar-refractivity contribution in [2.24, 2.45) is 0 Å². The van der Waals surface area contributed by atoms with Crippen molar-refractivity contribution in [3.05, 3.63) is 53.6 Å². The van der Waals surface area contributed by atoms with Gasteiger partial charge >= 0.3 is 0 Å². The molecule has 0 radical (unpaired) electrons. The largest absolute Gasteiger partial charge is 0.493 e. The molecule has 0 fully saturated rings. The summed E-state index contributed by atoms with van der Waals surface area (Å²) in [5.41, 5.74) is 2.09. The average Bonchev–Trinajstić information content (AvgIpc) is 2.69. The molecule has 0 heterocycles. The summed E-state index contributed by atoms with van der Waals surface area (Å²) in [6.07, 6.45) is 0.893. The third-order valence-corrected chi connectivity index (χ3v) is 4.18. The lowest BCUT2D eigenvalue weighted by Crippen LogP contribution is -2.43. The summed E-state index contributed by atoms with van der Waals surface area (Å²) in [5, 5.41) is 6.31. The number of hydrogen-bond acceptors (Lipinski definition) is 5. The molecule has 0 aliphatic rings. The predicted molar refractivity (Wildman–Crippen MR) is 122 cm³/mol. The van der Waals surface area contributed by atoms with Gasteiger partial charge in [0.05, 0.1) is 14.2 Å². The van der Waals surface area contributed by atoms with Gasteiger partial charge in [-0.15, -0.1) is 12.4 Å². The Balaban J connectivity index is 0.00000450. The van der Waals surface area contributed by atoms with Gasteiger partial charge < -0.3 is 24.8 Å². The molecule has 0 unspecified atom stereocenters. The average molecular weight is 437 g/mol. The maximum atomic E-state index is 11.8. The SMILES string of the molecule is COc1ccc(CCNCc2ccc(OCC(=O)NC(C)(C)C)cc2)cc1OC.Cl. The summed E-state index contributed by atoms with van der Waals surface area (Å²) in [6, 6.07) is 13.7. The second-order valence-corrected chi connectivity index (χ2v) is 7.85. The van der Waals surface area contributed by atoms with E-state index in [0.29, 0.717) is 5.75 Å². The van der Waals surface area contributed by atoms with Crippen molar-refractivity contribution in [1.29, 1.82) is 0 Å². The third kappa shape index (κ3) is 8.93. The van der Waals surface area contributed by atoms with Crippen LogP contribution in [0.15, 0.2) is 42.5 Å². The molecule has 0 saturated heterocycles. The van der Waals surface area contributed by atoms with Gasteiger partial charge in [0.1, 0.15) is 5.75 Å². The quantitative estimate of drug-likeness (QED) is 0.555. The number of ether oxygens (including phenoxy) is 3. The zero-order chi connectivity index (χ0) is 21.3. The Morgan fingerprint density at radius 1 is 0.933 bits per heavy atom. The molecule has 2 aromatic rings. The van der Waals surface area contributed by atoms with E-state index >= 15 is 0 Å². The van der Waals surface area contributed by atoms with E-state index in [1.165, 1.54) is 5.56 Å². The molecule has 166 valence electrons. The summed E-state index contributed by atoms with van der Waals surface area (Å²) >= 11 is 0. The Bertz CT molecular complexity index is 789. The van der Waals surface area contributed by atoms with Crippen LogP contribution >= 0.6 is 12.4 Å². The van der Waals surface area contributed by atoms with Gasteiger partial charge in [-0.2, -0.15) is 0 Å². The lowest BCUT2D eigenvalue weighted by atomic mass is 10.1. The normalized spacial score (nSPS) is 10.7. The predicted octanol–water partition coefficient (Wildman–Crippen LogP) is 3.75. The van der Waals surface area contributed by atoms with Crippen LogP contribution in [0, 0.1) is 0 Å². The molecule has 30 heavy (non-hydrogen) atoms. The summed E-state index contributed by atoms with van der Waals surface area (Å²) in [4.78, 5) is 11.8. The highest BCUT2D eigenvalue weighted by Gasteiger charge is 2.13.